The Morgan fingerprint density at radius 3 is 1.42 bits per heavy atom. The fraction of sp³-hybridized carbons (Fsp3) is 0.100. The Labute approximate surface area is 194 Å². The molecular formula is C30H26N2O. The molecule has 162 valence electrons. The fourth-order valence-corrected chi connectivity index (χ4v) is 4.38. The van der Waals surface area contributed by atoms with Gasteiger partial charge in [-0.05, 0) is 36.2 Å². The lowest BCUT2D eigenvalue weighted by molar-refractivity contribution is 0.903. The molecule has 5 aromatic rings. The zero-order chi connectivity index (χ0) is 22.6. The SMILES string of the molecule is CCCc1ccc(-n2c(-c3ccccc3)c(-c3ccccc3)n(-c3ccccc3)c2=O)cc1. The lowest BCUT2D eigenvalue weighted by Crippen LogP contribution is -2.22. The van der Waals surface area contributed by atoms with Gasteiger partial charge in [0.15, 0.2) is 0 Å². The summed E-state index contributed by atoms with van der Waals surface area (Å²) in [6.07, 6.45) is 2.12. The molecule has 0 radical (unpaired) electrons. The summed E-state index contributed by atoms with van der Waals surface area (Å²) in [6.45, 7) is 2.18. The van der Waals surface area contributed by atoms with E-state index >= 15 is 0 Å². The molecule has 0 bridgehead atoms. The van der Waals surface area contributed by atoms with Crippen LogP contribution in [0.5, 0.6) is 0 Å². The van der Waals surface area contributed by atoms with Gasteiger partial charge in [0.05, 0.1) is 22.8 Å². The molecule has 33 heavy (non-hydrogen) atoms. The number of benzene rings is 4. The summed E-state index contributed by atoms with van der Waals surface area (Å²) in [7, 11) is 0. The highest BCUT2D eigenvalue weighted by Gasteiger charge is 2.24. The van der Waals surface area contributed by atoms with E-state index in [1.165, 1.54) is 5.56 Å². The molecule has 0 amide bonds. The zero-order valence-electron chi connectivity index (χ0n) is 18.7. The van der Waals surface area contributed by atoms with E-state index in [1.807, 2.05) is 75.9 Å². The van der Waals surface area contributed by atoms with Crippen LogP contribution in [-0.4, -0.2) is 9.13 Å². The Morgan fingerprint density at radius 1 is 0.545 bits per heavy atom. The predicted molar refractivity (Wildman–Crippen MR) is 136 cm³/mol. The molecule has 0 saturated heterocycles. The second-order valence-electron chi connectivity index (χ2n) is 8.13. The molecule has 3 heteroatoms. The minimum atomic E-state index is -0.0813. The summed E-state index contributed by atoms with van der Waals surface area (Å²) in [5.41, 5.74) is 6.68. The van der Waals surface area contributed by atoms with Crippen molar-refractivity contribution >= 4 is 0 Å². The lowest BCUT2D eigenvalue weighted by Gasteiger charge is -2.12. The van der Waals surface area contributed by atoms with Gasteiger partial charge >= 0.3 is 5.69 Å². The average Bonchev–Trinajstić information content (AvgIpc) is 3.19. The Morgan fingerprint density at radius 2 is 0.970 bits per heavy atom. The molecule has 0 unspecified atom stereocenters. The van der Waals surface area contributed by atoms with Crippen molar-refractivity contribution in [3.05, 3.63) is 131 Å². The van der Waals surface area contributed by atoms with Crippen molar-refractivity contribution in [2.24, 2.45) is 0 Å². The van der Waals surface area contributed by atoms with Crippen molar-refractivity contribution in [3.8, 4) is 33.9 Å². The normalized spacial score (nSPS) is 10.9. The second-order valence-corrected chi connectivity index (χ2v) is 8.13. The number of aromatic nitrogens is 2. The molecule has 0 atom stereocenters. The van der Waals surface area contributed by atoms with E-state index in [-0.39, 0.29) is 5.69 Å². The fourth-order valence-electron chi connectivity index (χ4n) is 4.38. The van der Waals surface area contributed by atoms with Gasteiger partial charge in [0.1, 0.15) is 0 Å². The molecule has 4 aromatic carbocycles. The molecule has 0 N–H and O–H groups in total. The first-order valence-electron chi connectivity index (χ1n) is 11.4. The van der Waals surface area contributed by atoms with E-state index in [0.717, 1.165) is 46.7 Å². The van der Waals surface area contributed by atoms with Gasteiger partial charge in [-0.25, -0.2) is 4.79 Å². The monoisotopic (exact) mass is 430 g/mol. The average molecular weight is 431 g/mol. The van der Waals surface area contributed by atoms with E-state index in [9.17, 15) is 4.79 Å². The van der Waals surface area contributed by atoms with Gasteiger partial charge in [-0.15, -0.1) is 0 Å². The van der Waals surface area contributed by atoms with Crippen LogP contribution in [0.2, 0.25) is 0 Å². The van der Waals surface area contributed by atoms with Gasteiger partial charge in [0.2, 0.25) is 0 Å². The summed E-state index contributed by atoms with van der Waals surface area (Å²) in [5.74, 6) is 0. The quantitative estimate of drug-likeness (QED) is 0.287. The van der Waals surface area contributed by atoms with Crippen molar-refractivity contribution < 1.29 is 0 Å². The highest BCUT2D eigenvalue weighted by atomic mass is 16.1. The minimum Gasteiger partial charge on any atom is -0.260 e. The number of hydrogen-bond donors (Lipinski definition) is 0. The van der Waals surface area contributed by atoms with Crippen LogP contribution in [0.4, 0.5) is 0 Å². The van der Waals surface area contributed by atoms with Gasteiger partial charge < -0.3 is 0 Å². The Bertz CT molecular complexity index is 1400. The molecular weight excluding hydrogens is 404 g/mol. The number of aryl methyl sites for hydroxylation is 1. The van der Waals surface area contributed by atoms with Crippen molar-refractivity contribution in [2.75, 3.05) is 0 Å². The number of nitrogens with zero attached hydrogens (tertiary/aromatic N) is 2. The van der Waals surface area contributed by atoms with Gasteiger partial charge in [-0.3, -0.25) is 9.13 Å². The molecule has 0 saturated carbocycles. The minimum absolute atomic E-state index is 0.0813. The maximum atomic E-state index is 14.1. The molecule has 0 aliphatic carbocycles. The highest BCUT2D eigenvalue weighted by Crippen LogP contribution is 2.35. The summed E-state index contributed by atoms with van der Waals surface area (Å²) >= 11 is 0. The van der Waals surface area contributed by atoms with Crippen LogP contribution in [0.25, 0.3) is 33.9 Å². The Hall–Kier alpha value is -4.11. The highest BCUT2D eigenvalue weighted by molar-refractivity contribution is 5.82. The lowest BCUT2D eigenvalue weighted by atomic mass is 10.0. The van der Waals surface area contributed by atoms with Crippen LogP contribution >= 0.6 is 0 Å². The maximum Gasteiger partial charge on any atom is 0.338 e. The summed E-state index contributed by atoms with van der Waals surface area (Å²) in [6, 6.07) is 38.6. The van der Waals surface area contributed by atoms with Gasteiger partial charge in [-0.2, -0.15) is 0 Å². The molecule has 0 fully saturated rings. The summed E-state index contributed by atoms with van der Waals surface area (Å²) < 4.78 is 3.68. The summed E-state index contributed by atoms with van der Waals surface area (Å²) in [4.78, 5) is 14.1. The van der Waals surface area contributed by atoms with Crippen LogP contribution < -0.4 is 5.69 Å². The molecule has 3 nitrogen and oxygen atoms in total. The third-order valence-corrected chi connectivity index (χ3v) is 5.90. The zero-order valence-corrected chi connectivity index (χ0v) is 18.7. The van der Waals surface area contributed by atoms with Crippen LogP contribution in [-0.2, 0) is 6.42 Å². The number of imidazole rings is 1. The first-order chi connectivity index (χ1) is 16.3. The van der Waals surface area contributed by atoms with E-state index in [0.29, 0.717) is 0 Å². The molecule has 1 heterocycles. The van der Waals surface area contributed by atoms with Crippen molar-refractivity contribution in [1.82, 2.24) is 9.13 Å². The molecule has 5 rings (SSSR count). The summed E-state index contributed by atoms with van der Waals surface area (Å²) in [5, 5.41) is 0. The molecule has 0 aliphatic heterocycles. The number of hydrogen-bond acceptors (Lipinski definition) is 1. The van der Waals surface area contributed by atoms with Crippen molar-refractivity contribution in [2.45, 2.75) is 19.8 Å². The third-order valence-electron chi connectivity index (χ3n) is 5.90. The predicted octanol–water partition coefficient (Wildman–Crippen LogP) is 6.91. The van der Waals surface area contributed by atoms with Crippen molar-refractivity contribution in [1.29, 1.82) is 0 Å². The van der Waals surface area contributed by atoms with E-state index in [2.05, 4.69) is 55.5 Å². The number of para-hydroxylation sites is 1. The van der Waals surface area contributed by atoms with Crippen LogP contribution in [0, 0.1) is 0 Å². The van der Waals surface area contributed by atoms with Crippen molar-refractivity contribution in [3.63, 3.8) is 0 Å². The number of rotatable bonds is 6. The molecule has 0 spiro atoms. The standard InChI is InChI=1S/C30H26N2O/c1-2-12-23-19-21-27(22-20-23)32-29(25-15-8-4-9-16-25)28(24-13-6-3-7-14-24)31(30(32)33)26-17-10-5-11-18-26/h3-11,13-22H,2,12H2,1H3. The van der Waals surface area contributed by atoms with E-state index < -0.39 is 0 Å². The third kappa shape index (κ3) is 3.94. The molecule has 1 aromatic heterocycles. The van der Waals surface area contributed by atoms with Crippen LogP contribution in [0.1, 0.15) is 18.9 Å². The van der Waals surface area contributed by atoms with Gasteiger partial charge in [0, 0.05) is 11.1 Å². The van der Waals surface area contributed by atoms with E-state index in [4.69, 9.17) is 0 Å². The Kier molecular flexibility index (Phi) is 5.77. The van der Waals surface area contributed by atoms with E-state index in [1.54, 1.807) is 0 Å². The van der Waals surface area contributed by atoms with Gasteiger partial charge in [0.25, 0.3) is 0 Å². The molecule has 0 aliphatic rings. The van der Waals surface area contributed by atoms with Crippen LogP contribution in [0.3, 0.4) is 0 Å². The topological polar surface area (TPSA) is 26.9 Å². The Balaban J connectivity index is 1.88. The first-order valence-corrected chi connectivity index (χ1v) is 11.4. The van der Waals surface area contributed by atoms with Gasteiger partial charge in [-0.1, -0.05) is 104 Å². The first kappa shape index (κ1) is 20.8. The maximum absolute atomic E-state index is 14.1. The second kappa shape index (κ2) is 9.17. The smallest absolute Gasteiger partial charge is 0.260 e. The largest absolute Gasteiger partial charge is 0.338 e. The van der Waals surface area contributed by atoms with Crippen LogP contribution in [0.15, 0.2) is 120 Å².